The summed E-state index contributed by atoms with van der Waals surface area (Å²) in [6.07, 6.45) is 57.9. The number of allylic oxidation sites excluding steroid dienone is 14. The summed E-state index contributed by atoms with van der Waals surface area (Å²) in [5.41, 5.74) is 0. The number of terminal acetylenes is 2. The maximum absolute atomic E-state index is 10.9. The average molecular weight is 661 g/mol. The van der Waals surface area contributed by atoms with Crippen molar-refractivity contribution in [3.63, 3.8) is 0 Å². The Bertz CT molecular complexity index is 1020. The molecule has 0 atom stereocenters. The average Bonchev–Trinajstić information content (AvgIpc) is 3.10. The summed E-state index contributed by atoms with van der Waals surface area (Å²) < 4.78 is 9.14. The van der Waals surface area contributed by atoms with Gasteiger partial charge in [0.15, 0.2) is 0 Å². The van der Waals surface area contributed by atoms with E-state index in [0.29, 0.717) is 12.8 Å². The number of hydrogen-bond acceptors (Lipinski definition) is 5. The Morgan fingerprint density at radius 2 is 0.854 bits per heavy atom. The number of carbonyl (C=O) groups is 2. The Hall–Kier alpha value is -4.06. The molecule has 0 spiro atoms. The van der Waals surface area contributed by atoms with Crippen molar-refractivity contribution in [1.29, 1.82) is 0 Å². The Kier molecular flexibility index (Phi) is 47.7. The molecule has 48 heavy (non-hydrogen) atoms. The third kappa shape index (κ3) is 51.5. The monoisotopic (exact) mass is 660 g/mol. The fraction of sp³-hybridized carbons (Fsp3) is 0.488. The molecule has 0 heterocycles. The molecule has 0 aromatic carbocycles. The molecule has 1 N–H and O–H groups in total. The third-order valence-electron chi connectivity index (χ3n) is 6.20. The fourth-order valence-corrected chi connectivity index (χ4v) is 3.50. The number of unbranched alkanes of at least 4 members (excludes halogenated alkanes) is 6. The standard InChI is InChI=1S/C21H30O2.C15H24O3.C7H10/c1-3-4-5-6-7-8-9-10-11-12-13-14-15-16-17-18-19-20-21(22)23-2;1-18-15(17)13-11-9-7-5-3-2-4-6-8-10-12-14-16;1-3-5-7-6-4-2/h1,7-8,10-11,13-14,16-17H,4-6,9,12,15,18-20H2,2H3;2,4-5,7-8,10,16H,3,6,9,11-14H2,1H3;1,4H,2,5-7H2/b8-7-,11-10-,14-13-,17-16-;4-2-,7-5-,10-8-;. The molecule has 0 radical (unpaired) electrons. The molecule has 0 fully saturated rings. The van der Waals surface area contributed by atoms with Gasteiger partial charge >= 0.3 is 11.9 Å². The number of aliphatic hydroxyl groups is 1. The molecule has 0 saturated heterocycles. The lowest BCUT2D eigenvalue weighted by Crippen LogP contribution is -1.98. The molecule has 0 amide bonds. The Morgan fingerprint density at radius 1 is 0.542 bits per heavy atom. The van der Waals surface area contributed by atoms with Crippen molar-refractivity contribution in [2.45, 2.75) is 116 Å². The lowest BCUT2D eigenvalue weighted by molar-refractivity contribution is -0.141. The fourth-order valence-electron chi connectivity index (χ4n) is 3.50. The minimum atomic E-state index is -0.141. The van der Waals surface area contributed by atoms with Crippen LogP contribution < -0.4 is 0 Å². The largest absolute Gasteiger partial charge is 0.469 e. The van der Waals surface area contributed by atoms with Gasteiger partial charge in [-0.2, -0.15) is 0 Å². The summed E-state index contributed by atoms with van der Waals surface area (Å²) in [4.78, 5) is 21.7. The molecule has 0 bridgehead atoms. The van der Waals surface area contributed by atoms with Gasteiger partial charge in [0.2, 0.25) is 0 Å². The van der Waals surface area contributed by atoms with Crippen LogP contribution in [0.25, 0.3) is 0 Å². The van der Waals surface area contributed by atoms with Crippen molar-refractivity contribution in [2.75, 3.05) is 20.8 Å². The van der Waals surface area contributed by atoms with Gasteiger partial charge in [-0.3, -0.25) is 9.59 Å². The summed E-state index contributed by atoms with van der Waals surface area (Å²) >= 11 is 0. The molecule has 0 unspecified atom stereocenters. The molecule has 5 heteroatoms. The molecular weight excluding hydrogens is 596 g/mol. The van der Waals surface area contributed by atoms with Crippen LogP contribution in [0.1, 0.15) is 116 Å². The summed E-state index contributed by atoms with van der Waals surface area (Å²) in [6, 6.07) is 0. The third-order valence-corrected chi connectivity index (χ3v) is 6.20. The summed E-state index contributed by atoms with van der Waals surface area (Å²) in [5, 5.41) is 8.55. The molecule has 0 aromatic rings. The number of carbonyl (C=O) groups excluding carboxylic acids is 2. The number of methoxy groups -OCH3 is 2. The lowest BCUT2D eigenvalue weighted by Gasteiger charge is -1.95. The van der Waals surface area contributed by atoms with Crippen LogP contribution in [0.5, 0.6) is 0 Å². The second-order valence-electron chi connectivity index (χ2n) is 10.4. The van der Waals surface area contributed by atoms with Crippen LogP contribution in [0, 0.1) is 24.7 Å². The van der Waals surface area contributed by atoms with Crippen LogP contribution in [0.4, 0.5) is 0 Å². The van der Waals surface area contributed by atoms with Gasteiger partial charge in [-0.25, -0.2) is 0 Å². The van der Waals surface area contributed by atoms with Crippen molar-refractivity contribution >= 4 is 11.9 Å². The van der Waals surface area contributed by atoms with E-state index in [0.717, 1.165) is 103 Å². The van der Waals surface area contributed by atoms with E-state index in [2.05, 4.69) is 101 Å². The summed E-state index contributed by atoms with van der Waals surface area (Å²) in [6.45, 7) is 3.78. The minimum Gasteiger partial charge on any atom is -0.469 e. The Balaban J connectivity index is -0.000000717. The first-order valence-corrected chi connectivity index (χ1v) is 17.3. The van der Waals surface area contributed by atoms with Crippen LogP contribution in [0.15, 0.2) is 97.7 Å². The molecule has 0 aliphatic rings. The second-order valence-corrected chi connectivity index (χ2v) is 10.4. The van der Waals surface area contributed by atoms with E-state index in [9.17, 15) is 9.59 Å². The Morgan fingerprint density at radius 3 is 1.17 bits per heavy atom. The van der Waals surface area contributed by atoms with Crippen LogP contribution in [0.2, 0.25) is 0 Å². The molecule has 0 saturated carbocycles. The highest BCUT2D eigenvalue weighted by atomic mass is 16.5. The molecule has 0 aliphatic carbocycles. The van der Waals surface area contributed by atoms with Gasteiger partial charge in [0.05, 0.1) is 14.2 Å². The maximum atomic E-state index is 10.9. The van der Waals surface area contributed by atoms with Crippen molar-refractivity contribution in [2.24, 2.45) is 0 Å². The van der Waals surface area contributed by atoms with E-state index >= 15 is 0 Å². The van der Waals surface area contributed by atoms with Crippen molar-refractivity contribution < 1.29 is 24.2 Å². The molecule has 0 aromatic heterocycles. The van der Waals surface area contributed by atoms with Gasteiger partial charge in [-0.1, -0.05) is 91.1 Å². The Labute approximate surface area is 294 Å². The predicted molar refractivity (Wildman–Crippen MR) is 206 cm³/mol. The van der Waals surface area contributed by atoms with Crippen LogP contribution in [-0.2, 0) is 19.1 Å². The van der Waals surface area contributed by atoms with Gasteiger partial charge in [-0.15, -0.1) is 31.3 Å². The number of aliphatic hydroxyl groups excluding tert-OH is 1. The van der Waals surface area contributed by atoms with Crippen molar-refractivity contribution in [3.8, 4) is 24.7 Å². The van der Waals surface area contributed by atoms with E-state index in [1.807, 2.05) is 18.2 Å². The number of esters is 2. The zero-order valence-electron chi connectivity index (χ0n) is 30.0. The molecule has 0 aliphatic heterocycles. The molecular formula is C43H64O5. The highest BCUT2D eigenvalue weighted by molar-refractivity contribution is 5.69. The number of hydrogen-bond donors (Lipinski definition) is 1. The van der Waals surface area contributed by atoms with E-state index in [-0.39, 0.29) is 18.5 Å². The first kappa shape index (κ1) is 48.3. The minimum absolute atomic E-state index is 0.132. The highest BCUT2D eigenvalue weighted by Gasteiger charge is 1.97. The maximum Gasteiger partial charge on any atom is 0.305 e. The summed E-state index contributed by atoms with van der Waals surface area (Å²) in [7, 11) is 2.84. The predicted octanol–water partition coefficient (Wildman–Crippen LogP) is 10.7. The molecule has 266 valence electrons. The van der Waals surface area contributed by atoms with Crippen molar-refractivity contribution in [3.05, 3.63) is 97.7 Å². The van der Waals surface area contributed by atoms with Crippen LogP contribution in [0.3, 0.4) is 0 Å². The first-order chi connectivity index (χ1) is 23.5. The SMILES string of the molecule is C#CCCC/C=C\C/C=C\C/C=C\C/C=C\CCCC(=O)OC.C#CCCCC=C.COC(=O)CCC/C=C\C/C=C\C/C=C\CCO. The van der Waals surface area contributed by atoms with E-state index < -0.39 is 0 Å². The summed E-state index contributed by atoms with van der Waals surface area (Å²) in [5.74, 6) is 4.93. The van der Waals surface area contributed by atoms with Crippen molar-refractivity contribution in [1.82, 2.24) is 0 Å². The molecule has 5 nitrogen and oxygen atoms in total. The van der Waals surface area contributed by atoms with Crippen LogP contribution in [-0.4, -0.2) is 37.9 Å². The van der Waals surface area contributed by atoms with Gasteiger partial charge in [0.25, 0.3) is 0 Å². The van der Waals surface area contributed by atoms with E-state index in [1.54, 1.807) is 0 Å². The first-order valence-electron chi connectivity index (χ1n) is 17.3. The normalized spacial score (nSPS) is 11.2. The van der Waals surface area contributed by atoms with Gasteiger partial charge in [0.1, 0.15) is 0 Å². The zero-order chi connectivity index (χ0) is 36.0. The topological polar surface area (TPSA) is 72.8 Å². The highest BCUT2D eigenvalue weighted by Crippen LogP contribution is 2.02. The number of rotatable bonds is 26. The zero-order valence-corrected chi connectivity index (χ0v) is 30.0. The van der Waals surface area contributed by atoms with Gasteiger partial charge in [0, 0.05) is 32.3 Å². The molecule has 0 rings (SSSR count). The smallest absolute Gasteiger partial charge is 0.305 e. The van der Waals surface area contributed by atoms with Gasteiger partial charge < -0.3 is 14.6 Å². The quantitative estimate of drug-likeness (QED) is 0.0433. The van der Waals surface area contributed by atoms with E-state index in [4.69, 9.17) is 18.0 Å². The van der Waals surface area contributed by atoms with Gasteiger partial charge in [-0.05, 0) is 89.9 Å². The lowest BCUT2D eigenvalue weighted by atomic mass is 10.2. The van der Waals surface area contributed by atoms with E-state index in [1.165, 1.54) is 14.2 Å². The number of ether oxygens (including phenoxy) is 2. The second kappa shape index (κ2) is 47.3. The van der Waals surface area contributed by atoms with Crippen LogP contribution >= 0.6 is 0 Å².